The Labute approximate surface area is 129 Å². The monoisotopic (exact) mass is 308 g/mol. The van der Waals surface area contributed by atoms with Crippen molar-refractivity contribution in [2.75, 3.05) is 0 Å². The minimum Gasteiger partial charge on any atom is -0.427 e. The Balaban J connectivity index is 3.10. The Bertz CT molecular complexity index is 574. The van der Waals surface area contributed by atoms with E-state index >= 15 is 0 Å². The number of hydrogen-bond acceptors (Lipinski definition) is 6. The molecule has 0 aliphatic heterocycles. The molecular formula is C16H20O6. The summed E-state index contributed by atoms with van der Waals surface area (Å²) in [6.07, 6.45) is 0. The van der Waals surface area contributed by atoms with Crippen LogP contribution in [0.3, 0.4) is 0 Å². The van der Waals surface area contributed by atoms with Crippen LogP contribution in [-0.2, 0) is 14.4 Å². The molecule has 0 aliphatic rings. The van der Waals surface area contributed by atoms with Crippen LogP contribution in [0, 0.1) is 11.8 Å². The molecule has 0 saturated carbocycles. The van der Waals surface area contributed by atoms with E-state index in [0.717, 1.165) is 0 Å². The summed E-state index contributed by atoms with van der Waals surface area (Å²) in [4.78, 5) is 34.4. The van der Waals surface area contributed by atoms with Crippen LogP contribution in [0.2, 0.25) is 0 Å². The van der Waals surface area contributed by atoms with E-state index in [1.807, 2.05) is 0 Å². The molecule has 120 valence electrons. The van der Waals surface area contributed by atoms with Gasteiger partial charge in [0.2, 0.25) is 0 Å². The minimum absolute atomic E-state index is 0.0337. The number of ether oxygens (including phenoxy) is 3. The molecule has 1 aromatic carbocycles. The predicted octanol–water partition coefficient (Wildman–Crippen LogP) is 2.73. The van der Waals surface area contributed by atoms with Crippen LogP contribution in [0.15, 0.2) is 18.2 Å². The predicted molar refractivity (Wildman–Crippen MR) is 78.7 cm³/mol. The molecule has 0 unspecified atom stereocenters. The highest BCUT2D eigenvalue weighted by atomic mass is 16.6. The molecule has 0 amide bonds. The van der Waals surface area contributed by atoms with Gasteiger partial charge in [-0.05, 0) is 12.1 Å². The standard InChI is InChI=1S/C16H20O6/c1-9(2)15(18)21-13-7-6-12(20-11(5)17)8-14(13)22-16(19)10(3)4/h6-10H,1-5H3. The summed E-state index contributed by atoms with van der Waals surface area (Å²) >= 11 is 0. The molecule has 0 atom stereocenters. The molecule has 6 nitrogen and oxygen atoms in total. The molecular weight excluding hydrogens is 288 g/mol. The Kier molecular flexibility index (Phi) is 6.10. The molecule has 0 aromatic heterocycles. The van der Waals surface area contributed by atoms with E-state index in [1.165, 1.54) is 25.1 Å². The van der Waals surface area contributed by atoms with Crippen LogP contribution in [-0.4, -0.2) is 17.9 Å². The van der Waals surface area contributed by atoms with Gasteiger partial charge in [-0.2, -0.15) is 0 Å². The topological polar surface area (TPSA) is 78.9 Å². The molecule has 0 spiro atoms. The van der Waals surface area contributed by atoms with Gasteiger partial charge in [-0.25, -0.2) is 0 Å². The third kappa shape index (κ3) is 5.20. The molecule has 1 rings (SSSR count). The fourth-order valence-corrected chi connectivity index (χ4v) is 1.33. The number of carbonyl (C=O) groups is 3. The fraction of sp³-hybridized carbons (Fsp3) is 0.438. The van der Waals surface area contributed by atoms with Gasteiger partial charge in [0.1, 0.15) is 5.75 Å². The van der Waals surface area contributed by atoms with Crippen LogP contribution >= 0.6 is 0 Å². The summed E-state index contributed by atoms with van der Waals surface area (Å²) in [6, 6.07) is 4.21. The van der Waals surface area contributed by atoms with Gasteiger partial charge in [-0.3, -0.25) is 14.4 Å². The highest BCUT2D eigenvalue weighted by molar-refractivity contribution is 5.78. The van der Waals surface area contributed by atoms with E-state index in [9.17, 15) is 14.4 Å². The van der Waals surface area contributed by atoms with Gasteiger partial charge >= 0.3 is 17.9 Å². The Morgan fingerprint density at radius 3 is 1.77 bits per heavy atom. The second kappa shape index (κ2) is 7.59. The summed E-state index contributed by atoms with van der Waals surface area (Å²) in [7, 11) is 0. The number of carbonyl (C=O) groups excluding carboxylic acids is 3. The van der Waals surface area contributed by atoms with Crippen LogP contribution < -0.4 is 14.2 Å². The van der Waals surface area contributed by atoms with E-state index in [4.69, 9.17) is 14.2 Å². The largest absolute Gasteiger partial charge is 0.427 e. The summed E-state index contributed by atoms with van der Waals surface area (Å²) < 4.78 is 15.3. The summed E-state index contributed by atoms with van der Waals surface area (Å²) in [5, 5.41) is 0. The van der Waals surface area contributed by atoms with E-state index in [0.29, 0.717) is 0 Å². The third-order valence-electron chi connectivity index (χ3n) is 2.54. The lowest BCUT2D eigenvalue weighted by Gasteiger charge is -2.14. The van der Waals surface area contributed by atoms with Crippen molar-refractivity contribution >= 4 is 17.9 Å². The van der Waals surface area contributed by atoms with E-state index in [-0.39, 0.29) is 29.1 Å². The van der Waals surface area contributed by atoms with Gasteiger partial charge in [-0.1, -0.05) is 27.7 Å². The lowest BCUT2D eigenvalue weighted by Crippen LogP contribution is -2.18. The van der Waals surface area contributed by atoms with Crippen molar-refractivity contribution in [1.29, 1.82) is 0 Å². The normalized spacial score (nSPS) is 10.5. The van der Waals surface area contributed by atoms with Gasteiger partial charge in [-0.15, -0.1) is 0 Å². The Morgan fingerprint density at radius 2 is 1.32 bits per heavy atom. The van der Waals surface area contributed by atoms with Crippen molar-refractivity contribution < 1.29 is 28.6 Å². The minimum atomic E-state index is -0.506. The molecule has 0 bridgehead atoms. The Morgan fingerprint density at radius 1 is 0.818 bits per heavy atom. The van der Waals surface area contributed by atoms with Crippen LogP contribution in [0.5, 0.6) is 17.2 Å². The summed E-state index contributed by atoms with van der Waals surface area (Å²) in [5.41, 5.74) is 0. The van der Waals surface area contributed by atoms with E-state index < -0.39 is 17.9 Å². The van der Waals surface area contributed by atoms with E-state index in [1.54, 1.807) is 27.7 Å². The third-order valence-corrected chi connectivity index (χ3v) is 2.54. The zero-order valence-electron chi connectivity index (χ0n) is 13.3. The molecule has 0 fully saturated rings. The highest BCUT2D eigenvalue weighted by Crippen LogP contribution is 2.33. The second-order valence-corrected chi connectivity index (χ2v) is 5.35. The quantitative estimate of drug-likeness (QED) is 0.614. The van der Waals surface area contributed by atoms with Crippen LogP contribution in [0.25, 0.3) is 0 Å². The average molecular weight is 308 g/mol. The fourth-order valence-electron chi connectivity index (χ4n) is 1.33. The number of benzene rings is 1. The van der Waals surface area contributed by atoms with Gasteiger partial charge in [0.25, 0.3) is 0 Å². The van der Waals surface area contributed by atoms with Crippen LogP contribution in [0.4, 0.5) is 0 Å². The first-order valence-corrected chi connectivity index (χ1v) is 6.96. The maximum atomic E-state index is 11.7. The molecule has 1 aromatic rings. The first-order chi connectivity index (χ1) is 10.2. The zero-order valence-corrected chi connectivity index (χ0v) is 13.3. The first-order valence-electron chi connectivity index (χ1n) is 6.96. The van der Waals surface area contributed by atoms with Crippen LogP contribution in [0.1, 0.15) is 34.6 Å². The maximum Gasteiger partial charge on any atom is 0.313 e. The first kappa shape index (κ1) is 17.7. The number of rotatable bonds is 5. The Hall–Kier alpha value is -2.37. The summed E-state index contributed by atoms with van der Waals surface area (Å²) in [6.45, 7) is 7.99. The lowest BCUT2D eigenvalue weighted by atomic mass is 10.2. The van der Waals surface area contributed by atoms with Crippen molar-refractivity contribution in [2.45, 2.75) is 34.6 Å². The SMILES string of the molecule is CC(=O)Oc1ccc(OC(=O)C(C)C)c(OC(=O)C(C)C)c1. The summed E-state index contributed by atoms with van der Waals surface area (Å²) in [5.74, 6) is -1.80. The van der Waals surface area contributed by atoms with Crippen molar-refractivity contribution in [3.05, 3.63) is 18.2 Å². The highest BCUT2D eigenvalue weighted by Gasteiger charge is 2.18. The van der Waals surface area contributed by atoms with E-state index in [2.05, 4.69) is 0 Å². The van der Waals surface area contributed by atoms with Crippen molar-refractivity contribution in [2.24, 2.45) is 11.8 Å². The van der Waals surface area contributed by atoms with Crippen molar-refractivity contribution in [1.82, 2.24) is 0 Å². The smallest absolute Gasteiger partial charge is 0.313 e. The number of hydrogen-bond donors (Lipinski definition) is 0. The lowest BCUT2D eigenvalue weighted by molar-refractivity contribution is -0.140. The molecule has 22 heavy (non-hydrogen) atoms. The maximum absolute atomic E-state index is 11.7. The molecule has 0 radical (unpaired) electrons. The van der Waals surface area contributed by atoms with Gasteiger partial charge < -0.3 is 14.2 Å². The van der Waals surface area contributed by atoms with Gasteiger partial charge in [0.05, 0.1) is 11.8 Å². The second-order valence-electron chi connectivity index (χ2n) is 5.35. The van der Waals surface area contributed by atoms with Gasteiger partial charge in [0, 0.05) is 13.0 Å². The molecule has 0 N–H and O–H groups in total. The zero-order chi connectivity index (χ0) is 16.9. The molecule has 0 heterocycles. The number of esters is 3. The molecule has 0 aliphatic carbocycles. The van der Waals surface area contributed by atoms with Crippen molar-refractivity contribution in [3.8, 4) is 17.2 Å². The molecule has 0 saturated heterocycles. The van der Waals surface area contributed by atoms with Crippen molar-refractivity contribution in [3.63, 3.8) is 0 Å². The van der Waals surface area contributed by atoms with Gasteiger partial charge in [0.15, 0.2) is 11.5 Å². The molecule has 6 heteroatoms. The average Bonchev–Trinajstić information content (AvgIpc) is 2.40.